The quantitative estimate of drug-likeness (QED) is 0.659. The van der Waals surface area contributed by atoms with Gasteiger partial charge in [-0.05, 0) is 41.2 Å². The summed E-state index contributed by atoms with van der Waals surface area (Å²) < 4.78 is 0. The summed E-state index contributed by atoms with van der Waals surface area (Å²) in [4.78, 5) is 12.7. The highest BCUT2D eigenvalue weighted by Gasteiger charge is 2.26. The van der Waals surface area contributed by atoms with Gasteiger partial charge in [-0.3, -0.25) is 4.79 Å². The summed E-state index contributed by atoms with van der Waals surface area (Å²) in [7, 11) is 0. The van der Waals surface area contributed by atoms with Crippen LogP contribution in [0.2, 0.25) is 0 Å². The Balaban J connectivity index is 1.62. The van der Waals surface area contributed by atoms with Gasteiger partial charge >= 0.3 is 0 Å². The van der Waals surface area contributed by atoms with Gasteiger partial charge in [-0.2, -0.15) is 0 Å². The second kappa shape index (κ2) is 5.42. The van der Waals surface area contributed by atoms with E-state index in [0.717, 1.165) is 24.8 Å². The normalized spacial score (nSPS) is 17.5. The lowest BCUT2D eigenvalue weighted by atomic mass is 9.79. The summed E-state index contributed by atoms with van der Waals surface area (Å²) in [5, 5.41) is 2.51. The van der Waals surface area contributed by atoms with Gasteiger partial charge < -0.3 is 0 Å². The molecule has 0 heterocycles. The molecule has 3 aromatic rings. The third kappa shape index (κ3) is 2.33. The minimum absolute atomic E-state index is 0.121. The highest BCUT2D eigenvalue weighted by Crippen LogP contribution is 2.28. The van der Waals surface area contributed by atoms with Crippen LogP contribution in [0.15, 0.2) is 66.7 Å². The van der Waals surface area contributed by atoms with E-state index >= 15 is 0 Å². The van der Waals surface area contributed by atoms with Crippen LogP contribution in [0.5, 0.6) is 0 Å². The van der Waals surface area contributed by atoms with Gasteiger partial charge in [-0.25, -0.2) is 0 Å². The molecule has 3 aromatic carbocycles. The standard InChI is InChI=1S/C21H18O/c22-21-19(12-11-17-6-3-4-8-20(17)21)14-15-9-10-16-5-1-2-7-18(16)13-15/h1-10,13,19H,11-12,14H2. The van der Waals surface area contributed by atoms with Crippen molar-refractivity contribution in [2.45, 2.75) is 19.3 Å². The highest BCUT2D eigenvalue weighted by atomic mass is 16.1. The van der Waals surface area contributed by atoms with E-state index < -0.39 is 0 Å². The Hall–Kier alpha value is -2.41. The molecule has 22 heavy (non-hydrogen) atoms. The molecule has 0 spiro atoms. The average molecular weight is 286 g/mol. The molecule has 0 saturated heterocycles. The van der Waals surface area contributed by atoms with Gasteiger partial charge in [0.15, 0.2) is 5.78 Å². The van der Waals surface area contributed by atoms with Crippen molar-refractivity contribution in [2.24, 2.45) is 5.92 Å². The first-order valence-corrected chi connectivity index (χ1v) is 7.91. The molecule has 0 fully saturated rings. The van der Waals surface area contributed by atoms with Gasteiger partial charge in [-0.15, -0.1) is 0 Å². The maximum absolute atomic E-state index is 12.7. The Bertz CT molecular complexity index is 847. The van der Waals surface area contributed by atoms with Gasteiger partial charge in [0.05, 0.1) is 0 Å². The van der Waals surface area contributed by atoms with Crippen LogP contribution in [-0.4, -0.2) is 5.78 Å². The minimum atomic E-state index is 0.121. The van der Waals surface area contributed by atoms with Crippen molar-refractivity contribution in [3.63, 3.8) is 0 Å². The van der Waals surface area contributed by atoms with Crippen LogP contribution >= 0.6 is 0 Å². The first-order chi connectivity index (χ1) is 10.8. The zero-order valence-electron chi connectivity index (χ0n) is 12.5. The van der Waals surface area contributed by atoms with E-state index in [4.69, 9.17) is 0 Å². The van der Waals surface area contributed by atoms with Crippen LogP contribution in [0.3, 0.4) is 0 Å². The van der Waals surface area contributed by atoms with Gasteiger partial charge in [-0.1, -0.05) is 66.7 Å². The number of Topliss-reactive ketones (excluding diaryl/α,β-unsaturated/α-hetero) is 1. The lowest BCUT2D eigenvalue weighted by molar-refractivity contribution is 0.0901. The number of fused-ring (bicyclic) bond motifs is 2. The lowest BCUT2D eigenvalue weighted by Crippen LogP contribution is -2.24. The topological polar surface area (TPSA) is 17.1 Å². The number of carbonyl (C=O) groups excluding carboxylic acids is 1. The van der Waals surface area contributed by atoms with Crippen LogP contribution in [0.1, 0.15) is 27.9 Å². The maximum Gasteiger partial charge on any atom is 0.166 e. The molecular formula is C21H18O. The molecule has 1 aliphatic rings. The van der Waals surface area contributed by atoms with Crippen LogP contribution in [-0.2, 0) is 12.8 Å². The van der Waals surface area contributed by atoms with Crippen LogP contribution < -0.4 is 0 Å². The van der Waals surface area contributed by atoms with E-state index in [9.17, 15) is 4.79 Å². The Morgan fingerprint density at radius 3 is 2.55 bits per heavy atom. The van der Waals surface area contributed by atoms with Crippen molar-refractivity contribution in [3.05, 3.63) is 83.4 Å². The number of rotatable bonds is 2. The highest BCUT2D eigenvalue weighted by molar-refractivity contribution is 6.00. The Morgan fingerprint density at radius 2 is 1.64 bits per heavy atom. The molecule has 1 heteroatoms. The predicted octanol–water partition coefficient (Wildman–Crippen LogP) is 4.83. The smallest absolute Gasteiger partial charge is 0.166 e. The SMILES string of the molecule is O=C1c2ccccc2CCC1Cc1ccc2ccccc2c1. The van der Waals surface area contributed by atoms with Gasteiger partial charge in [0.25, 0.3) is 0 Å². The van der Waals surface area contributed by atoms with Gasteiger partial charge in [0, 0.05) is 11.5 Å². The lowest BCUT2D eigenvalue weighted by Gasteiger charge is -2.23. The van der Waals surface area contributed by atoms with E-state index in [1.807, 2.05) is 18.2 Å². The maximum atomic E-state index is 12.7. The molecule has 0 N–H and O–H groups in total. The Morgan fingerprint density at radius 1 is 0.864 bits per heavy atom. The van der Waals surface area contributed by atoms with Crippen LogP contribution in [0.4, 0.5) is 0 Å². The molecule has 1 atom stereocenters. The van der Waals surface area contributed by atoms with E-state index in [-0.39, 0.29) is 5.92 Å². The zero-order chi connectivity index (χ0) is 14.9. The average Bonchev–Trinajstić information content (AvgIpc) is 2.57. The Kier molecular flexibility index (Phi) is 3.27. The molecule has 0 aliphatic heterocycles. The third-order valence-electron chi connectivity index (χ3n) is 4.71. The van der Waals surface area contributed by atoms with Crippen molar-refractivity contribution in [2.75, 3.05) is 0 Å². The second-order valence-corrected chi connectivity index (χ2v) is 6.14. The molecule has 1 aliphatic carbocycles. The van der Waals surface area contributed by atoms with Crippen LogP contribution in [0.25, 0.3) is 10.8 Å². The minimum Gasteiger partial charge on any atom is -0.294 e. The van der Waals surface area contributed by atoms with E-state index in [1.165, 1.54) is 21.9 Å². The molecule has 4 rings (SSSR count). The summed E-state index contributed by atoms with van der Waals surface area (Å²) >= 11 is 0. The fourth-order valence-electron chi connectivity index (χ4n) is 3.50. The monoisotopic (exact) mass is 286 g/mol. The van der Waals surface area contributed by atoms with Crippen molar-refractivity contribution < 1.29 is 4.79 Å². The molecule has 0 saturated carbocycles. The van der Waals surface area contributed by atoms with Crippen molar-refractivity contribution in [1.82, 2.24) is 0 Å². The Labute approximate surface area is 130 Å². The second-order valence-electron chi connectivity index (χ2n) is 6.14. The summed E-state index contributed by atoms with van der Waals surface area (Å²) in [6, 6.07) is 23.0. The molecule has 0 radical (unpaired) electrons. The van der Waals surface area contributed by atoms with E-state index in [1.54, 1.807) is 0 Å². The van der Waals surface area contributed by atoms with Crippen molar-refractivity contribution >= 4 is 16.6 Å². The fourth-order valence-corrected chi connectivity index (χ4v) is 3.50. The van der Waals surface area contributed by atoms with Crippen LogP contribution in [0, 0.1) is 5.92 Å². The van der Waals surface area contributed by atoms with E-state index in [2.05, 4.69) is 48.5 Å². The zero-order valence-corrected chi connectivity index (χ0v) is 12.5. The summed E-state index contributed by atoms with van der Waals surface area (Å²) in [5.74, 6) is 0.436. The third-order valence-corrected chi connectivity index (χ3v) is 4.71. The molecule has 1 nitrogen and oxygen atoms in total. The first kappa shape index (κ1) is 13.3. The molecule has 108 valence electrons. The van der Waals surface area contributed by atoms with Gasteiger partial charge in [0.2, 0.25) is 0 Å². The number of hydrogen-bond acceptors (Lipinski definition) is 1. The largest absolute Gasteiger partial charge is 0.294 e. The van der Waals surface area contributed by atoms with E-state index in [0.29, 0.717) is 5.78 Å². The number of ketones is 1. The first-order valence-electron chi connectivity index (χ1n) is 7.91. The number of aryl methyl sites for hydroxylation is 1. The molecule has 0 bridgehead atoms. The summed E-state index contributed by atoms with van der Waals surface area (Å²) in [6.07, 6.45) is 2.82. The summed E-state index contributed by atoms with van der Waals surface area (Å²) in [5.41, 5.74) is 3.40. The van der Waals surface area contributed by atoms with Crippen molar-refractivity contribution in [3.8, 4) is 0 Å². The molecule has 0 amide bonds. The van der Waals surface area contributed by atoms with Gasteiger partial charge in [0.1, 0.15) is 0 Å². The molecular weight excluding hydrogens is 268 g/mol. The number of carbonyl (C=O) groups is 1. The molecule has 0 aromatic heterocycles. The predicted molar refractivity (Wildman–Crippen MR) is 90.2 cm³/mol. The number of benzene rings is 3. The van der Waals surface area contributed by atoms with Crippen molar-refractivity contribution in [1.29, 1.82) is 0 Å². The summed E-state index contributed by atoms with van der Waals surface area (Å²) in [6.45, 7) is 0. The molecule has 1 unspecified atom stereocenters. The fraction of sp³-hybridized carbons (Fsp3) is 0.190. The number of hydrogen-bond donors (Lipinski definition) is 0.